The smallest absolute Gasteiger partial charge is 0.433 e. The average molecular weight is 280 g/mol. The Balaban J connectivity index is 2.08. The van der Waals surface area contributed by atoms with Gasteiger partial charge in [-0.25, -0.2) is 9.18 Å². The summed E-state index contributed by atoms with van der Waals surface area (Å²) in [5.74, 6) is -2.29. The minimum Gasteiger partial charge on any atom is -0.478 e. The van der Waals surface area contributed by atoms with Gasteiger partial charge in [0.25, 0.3) is 0 Å². The fraction of sp³-hybridized carbons (Fsp3) is 0.0833. The molecule has 0 spiro atoms. The Morgan fingerprint density at radius 1 is 1.40 bits per heavy atom. The second kappa shape index (κ2) is 5.39. The molecule has 0 bridgehead atoms. The Kier molecular flexibility index (Phi) is 3.65. The van der Waals surface area contributed by atoms with E-state index < -0.39 is 22.3 Å². The number of hydrogen-bond acceptors (Lipinski definition) is 5. The number of nitrogens with one attached hydrogen (secondary N) is 1. The molecule has 0 saturated heterocycles. The summed E-state index contributed by atoms with van der Waals surface area (Å²) in [6, 6.07) is 6.15. The zero-order chi connectivity index (χ0) is 14.7. The largest absolute Gasteiger partial charge is 0.478 e. The molecule has 0 radical (unpaired) electrons. The summed E-state index contributed by atoms with van der Waals surface area (Å²) in [6.07, 6.45) is 0. The van der Waals surface area contributed by atoms with E-state index in [1.165, 1.54) is 18.2 Å². The van der Waals surface area contributed by atoms with Crippen LogP contribution in [0.15, 0.2) is 34.7 Å². The molecule has 2 aromatic rings. The van der Waals surface area contributed by atoms with E-state index in [4.69, 9.17) is 9.52 Å². The van der Waals surface area contributed by atoms with Crippen molar-refractivity contribution < 1.29 is 23.6 Å². The molecule has 0 fully saturated rings. The molecule has 0 unspecified atom stereocenters. The number of halogens is 1. The fourth-order valence-electron chi connectivity index (χ4n) is 1.55. The zero-order valence-corrected chi connectivity index (χ0v) is 10.00. The molecule has 0 aliphatic rings. The first-order valence-electron chi connectivity index (χ1n) is 5.47. The molecule has 20 heavy (non-hydrogen) atoms. The maximum Gasteiger partial charge on any atom is 0.433 e. The molecule has 0 amide bonds. The minimum absolute atomic E-state index is 0.110. The lowest BCUT2D eigenvalue weighted by Gasteiger charge is -2.05. The van der Waals surface area contributed by atoms with Crippen LogP contribution in [0.5, 0.6) is 0 Å². The summed E-state index contributed by atoms with van der Waals surface area (Å²) < 4.78 is 18.1. The van der Waals surface area contributed by atoms with E-state index in [1.807, 2.05) is 0 Å². The van der Waals surface area contributed by atoms with Crippen molar-refractivity contribution in [3.8, 4) is 0 Å². The van der Waals surface area contributed by atoms with Gasteiger partial charge >= 0.3 is 11.9 Å². The van der Waals surface area contributed by atoms with Gasteiger partial charge in [-0.15, -0.1) is 0 Å². The molecule has 8 heteroatoms. The van der Waals surface area contributed by atoms with Crippen molar-refractivity contribution in [3.05, 3.63) is 57.6 Å². The van der Waals surface area contributed by atoms with Crippen LogP contribution in [0.3, 0.4) is 0 Å². The Morgan fingerprint density at radius 2 is 2.15 bits per heavy atom. The van der Waals surface area contributed by atoms with E-state index in [1.54, 1.807) is 0 Å². The summed E-state index contributed by atoms with van der Waals surface area (Å²) in [7, 11) is 0. The first-order chi connectivity index (χ1) is 9.47. The zero-order valence-electron chi connectivity index (χ0n) is 10.00. The Bertz CT molecular complexity index is 668. The average Bonchev–Trinajstić information content (AvgIpc) is 2.86. The number of carboxylic acid groups (broad SMARTS) is 1. The highest BCUT2D eigenvalue weighted by Crippen LogP contribution is 2.19. The van der Waals surface area contributed by atoms with Gasteiger partial charge in [0, 0.05) is 5.69 Å². The summed E-state index contributed by atoms with van der Waals surface area (Å²) >= 11 is 0. The predicted molar refractivity (Wildman–Crippen MR) is 66.0 cm³/mol. The molecular weight excluding hydrogens is 271 g/mol. The number of nitrogens with zero attached hydrogens (tertiary/aromatic N) is 1. The number of furan rings is 1. The van der Waals surface area contributed by atoms with Crippen molar-refractivity contribution >= 4 is 17.5 Å². The second-order valence-electron chi connectivity index (χ2n) is 3.85. The van der Waals surface area contributed by atoms with Crippen molar-refractivity contribution in [3.63, 3.8) is 0 Å². The molecule has 0 aliphatic carbocycles. The molecule has 1 heterocycles. The third-order valence-corrected chi connectivity index (χ3v) is 2.49. The van der Waals surface area contributed by atoms with Crippen molar-refractivity contribution in [2.24, 2.45) is 0 Å². The lowest BCUT2D eigenvalue weighted by atomic mass is 10.2. The Morgan fingerprint density at radius 3 is 2.75 bits per heavy atom. The van der Waals surface area contributed by atoms with Crippen LogP contribution < -0.4 is 5.32 Å². The molecule has 7 nitrogen and oxygen atoms in total. The number of anilines is 1. The molecule has 104 valence electrons. The third kappa shape index (κ3) is 2.91. The van der Waals surface area contributed by atoms with Crippen molar-refractivity contribution in [1.82, 2.24) is 0 Å². The monoisotopic (exact) mass is 280 g/mol. The first kappa shape index (κ1) is 13.5. The van der Waals surface area contributed by atoms with Gasteiger partial charge in [-0.3, -0.25) is 10.1 Å². The highest BCUT2D eigenvalue weighted by atomic mass is 19.1. The number of nitro groups is 1. The normalized spacial score (nSPS) is 10.2. The predicted octanol–water partition coefficient (Wildman–Crippen LogP) is 2.64. The SMILES string of the molecule is O=C(O)c1cc(NCc2ccc([N+](=O)[O-])o2)ccc1F. The van der Waals surface area contributed by atoms with Crippen molar-refractivity contribution in [2.75, 3.05) is 5.32 Å². The van der Waals surface area contributed by atoms with Gasteiger partial charge < -0.3 is 14.8 Å². The Labute approximate surface area is 111 Å². The molecule has 0 saturated carbocycles. The number of benzene rings is 1. The van der Waals surface area contributed by atoms with Crippen molar-refractivity contribution in [1.29, 1.82) is 0 Å². The number of hydrogen-bond donors (Lipinski definition) is 2. The molecule has 0 atom stereocenters. The van der Waals surface area contributed by atoms with Gasteiger partial charge in [0.2, 0.25) is 0 Å². The maximum absolute atomic E-state index is 13.2. The molecule has 1 aromatic carbocycles. The van der Waals surface area contributed by atoms with Crippen molar-refractivity contribution in [2.45, 2.75) is 6.54 Å². The highest BCUT2D eigenvalue weighted by Gasteiger charge is 2.13. The van der Waals surface area contributed by atoms with Crippen LogP contribution in [0.4, 0.5) is 16.0 Å². The summed E-state index contributed by atoms with van der Waals surface area (Å²) in [5, 5.41) is 22.0. The third-order valence-electron chi connectivity index (χ3n) is 2.49. The fourth-order valence-corrected chi connectivity index (χ4v) is 1.55. The minimum atomic E-state index is -1.38. The van der Waals surface area contributed by atoms with E-state index in [9.17, 15) is 19.3 Å². The summed E-state index contributed by atoms with van der Waals surface area (Å²) in [6.45, 7) is 0.110. The second-order valence-corrected chi connectivity index (χ2v) is 3.85. The standard InChI is InChI=1S/C12H9FN2O5/c13-10-3-1-7(5-9(10)12(16)17)14-6-8-2-4-11(20-8)15(18)19/h1-5,14H,6H2,(H,16,17). The first-order valence-corrected chi connectivity index (χ1v) is 5.47. The summed E-state index contributed by atoms with van der Waals surface area (Å²) in [4.78, 5) is 20.5. The van der Waals surface area contributed by atoms with Crippen LogP contribution in [0.1, 0.15) is 16.1 Å². The van der Waals surface area contributed by atoms with Gasteiger partial charge in [0.1, 0.15) is 16.5 Å². The van der Waals surface area contributed by atoms with Crippen LogP contribution in [-0.2, 0) is 6.54 Å². The van der Waals surface area contributed by atoms with Crippen LogP contribution in [-0.4, -0.2) is 16.0 Å². The van der Waals surface area contributed by atoms with E-state index in [2.05, 4.69) is 5.32 Å². The molecule has 2 rings (SSSR count). The maximum atomic E-state index is 13.2. The number of carbonyl (C=O) groups is 1. The lowest BCUT2D eigenvalue weighted by molar-refractivity contribution is -0.402. The van der Waals surface area contributed by atoms with Crippen LogP contribution in [0.25, 0.3) is 0 Å². The van der Waals surface area contributed by atoms with Crippen LogP contribution >= 0.6 is 0 Å². The number of carboxylic acids is 1. The van der Waals surface area contributed by atoms with Gasteiger partial charge in [-0.1, -0.05) is 0 Å². The number of rotatable bonds is 5. The van der Waals surface area contributed by atoms with Crippen LogP contribution in [0.2, 0.25) is 0 Å². The molecule has 1 aromatic heterocycles. The van der Waals surface area contributed by atoms with Gasteiger partial charge in [-0.05, 0) is 24.3 Å². The quantitative estimate of drug-likeness (QED) is 0.644. The van der Waals surface area contributed by atoms with E-state index in [-0.39, 0.29) is 12.4 Å². The van der Waals surface area contributed by atoms with Crippen LogP contribution in [0, 0.1) is 15.9 Å². The van der Waals surface area contributed by atoms with Gasteiger partial charge in [-0.2, -0.15) is 0 Å². The lowest BCUT2D eigenvalue weighted by Crippen LogP contribution is -2.04. The van der Waals surface area contributed by atoms with Gasteiger partial charge in [0.15, 0.2) is 0 Å². The topological polar surface area (TPSA) is 106 Å². The van der Waals surface area contributed by atoms with E-state index in [0.717, 1.165) is 12.1 Å². The summed E-state index contributed by atoms with van der Waals surface area (Å²) in [5.41, 5.74) is -0.0942. The number of aromatic carboxylic acids is 1. The molecule has 2 N–H and O–H groups in total. The van der Waals surface area contributed by atoms with E-state index in [0.29, 0.717) is 11.4 Å². The molecular formula is C12H9FN2O5. The van der Waals surface area contributed by atoms with E-state index >= 15 is 0 Å². The highest BCUT2D eigenvalue weighted by molar-refractivity contribution is 5.89. The molecule has 0 aliphatic heterocycles. The van der Waals surface area contributed by atoms with Gasteiger partial charge in [0.05, 0.1) is 18.2 Å². The Hall–Kier alpha value is -2.90.